The molecular weight excluding hydrogens is 440 g/mol. The summed E-state index contributed by atoms with van der Waals surface area (Å²) in [4.78, 5) is 53.1. The largest absolute Gasteiger partial charge is 0.467 e. The molecule has 0 aliphatic carbocycles. The third kappa shape index (κ3) is 5.76. The molecule has 9 nitrogen and oxygen atoms in total. The van der Waals surface area contributed by atoms with Gasteiger partial charge in [-0.1, -0.05) is 24.3 Å². The molecule has 3 rings (SSSR count). The normalized spacial score (nSPS) is 19.4. The summed E-state index contributed by atoms with van der Waals surface area (Å²) < 4.78 is 15.9. The van der Waals surface area contributed by atoms with Crippen molar-refractivity contribution in [2.45, 2.75) is 70.9 Å². The fourth-order valence-electron chi connectivity index (χ4n) is 4.16. The summed E-state index contributed by atoms with van der Waals surface area (Å²) in [6, 6.07) is 4.57. The molecule has 2 heterocycles. The van der Waals surface area contributed by atoms with E-state index in [1.54, 1.807) is 32.9 Å². The molecule has 0 bridgehead atoms. The van der Waals surface area contributed by atoms with E-state index in [0.717, 1.165) is 11.1 Å². The Labute approximate surface area is 199 Å². The van der Waals surface area contributed by atoms with E-state index in [1.807, 2.05) is 12.1 Å². The number of ketones is 1. The van der Waals surface area contributed by atoms with E-state index in [-0.39, 0.29) is 25.3 Å². The van der Waals surface area contributed by atoms with Gasteiger partial charge in [0.25, 0.3) is 0 Å². The number of Topliss-reactive ketones (excluding diaryl/α,β-unsaturated/α-hetero) is 1. The molecule has 0 unspecified atom stereocenters. The first-order valence-corrected chi connectivity index (χ1v) is 11.3. The Balaban J connectivity index is 1.67. The summed E-state index contributed by atoms with van der Waals surface area (Å²) in [5, 5.41) is 0. The Bertz CT molecular complexity index is 982. The average molecular weight is 473 g/mol. The number of likely N-dealkylation sites (tertiary alicyclic amines) is 1. The highest BCUT2D eigenvalue weighted by molar-refractivity contribution is 5.98. The van der Waals surface area contributed by atoms with E-state index in [0.29, 0.717) is 24.9 Å². The highest BCUT2D eigenvalue weighted by atomic mass is 16.6. The van der Waals surface area contributed by atoms with Gasteiger partial charge in [0, 0.05) is 24.9 Å². The van der Waals surface area contributed by atoms with Crippen molar-refractivity contribution in [3.05, 3.63) is 47.5 Å². The SMILES string of the molecule is C=CCCC(=O)c1cccc2c1CN(C(=O)O[C@@H]1C[C@@H](C(=O)OC)N(C(=O)OC(C)(C)C)C1)C2. The van der Waals surface area contributed by atoms with Gasteiger partial charge in [0.2, 0.25) is 0 Å². The molecule has 0 N–H and O–H groups in total. The lowest BCUT2D eigenvalue weighted by Crippen LogP contribution is -2.44. The van der Waals surface area contributed by atoms with Crippen LogP contribution in [-0.2, 0) is 32.1 Å². The van der Waals surface area contributed by atoms with Crippen LogP contribution in [-0.4, -0.2) is 65.1 Å². The number of fused-ring (bicyclic) bond motifs is 1. The van der Waals surface area contributed by atoms with Gasteiger partial charge in [-0.3, -0.25) is 14.6 Å². The number of hydrogen-bond acceptors (Lipinski definition) is 7. The van der Waals surface area contributed by atoms with E-state index in [2.05, 4.69) is 6.58 Å². The average Bonchev–Trinajstić information content (AvgIpc) is 3.40. The number of carbonyl (C=O) groups is 4. The van der Waals surface area contributed by atoms with Crippen LogP contribution >= 0.6 is 0 Å². The summed E-state index contributed by atoms with van der Waals surface area (Å²) >= 11 is 0. The van der Waals surface area contributed by atoms with Gasteiger partial charge in [0.05, 0.1) is 20.2 Å². The summed E-state index contributed by atoms with van der Waals surface area (Å²) in [6.07, 6.45) is 0.838. The van der Waals surface area contributed by atoms with Crippen LogP contribution < -0.4 is 0 Å². The third-order valence-electron chi connectivity index (χ3n) is 5.75. The molecule has 1 aromatic carbocycles. The van der Waals surface area contributed by atoms with Gasteiger partial charge in [-0.15, -0.1) is 6.58 Å². The predicted octanol–water partition coefficient (Wildman–Crippen LogP) is 3.84. The molecule has 2 aliphatic rings. The summed E-state index contributed by atoms with van der Waals surface area (Å²) in [6.45, 7) is 9.44. The van der Waals surface area contributed by atoms with Crippen molar-refractivity contribution >= 4 is 23.9 Å². The molecule has 1 saturated heterocycles. The van der Waals surface area contributed by atoms with E-state index in [4.69, 9.17) is 14.2 Å². The molecule has 2 amide bonds. The number of esters is 1. The van der Waals surface area contributed by atoms with Crippen molar-refractivity contribution in [2.75, 3.05) is 13.7 Å². The molecule has 184 valence electrons. The van der Waals surface area contributed by atoms with E-state index >= 15 is 0 Å². The number of benzene rings is 1. The van der Waals surface area contributed by atoms with Gasteiger partial charge in [0.1, 0.15) is 17.7 Å². The van der Waals surface area contributed by atoms with Crippen molar-refractivity contribution in [1.29, 1.82) is 0 Å². The number of amides is 2. The monoisotopic (exact) mass is 472 g/mol. The fraction of sp³-hybridized carbons (Fsp3) is 0.520. The molecular formula is C25H32N2O7. The number of ether oxygens (including phenoxy) is 3. The van der Waals surface area contributed by atoms with Crippen LogP contribution in [0.25, 0.3) is 0 Å². The van der Waals surface area contributed by atoms with Crippen LogP contribution in [0.15, 0.2) is 30.9 Å². The summed E-state index contributed by atoms with van der Waals surface area (Å²) in [5.41, 5.74) is 1.59. The Morgan fingerprint density at radius 2 is 1.88 bits per heavy atom. The zero-order valence-electron chi connectivity index (χ0n) is 20.2. The lowest BCUT2D eigenvalue weighted by atomic mass is 9.98. The Hall–Kier alpha value is -3.36. The molecule has 1 fully saturated rings. The topological polar surface area (TPSA) is 102 Å². The molecule has 1 aromatic rings. The molecule has 9 heteroatoms. The second kappa shape index (κ2) is 10.3. The Morgan fingerprint density at radius 1 is 1.15 bits per heavy atom. The molecule has 34 heavy (non-hydrogen) atoms. The minimum Gasteiger partial charge on any atom is -0.467 e. The number of methoxy groups -OCH3 is 1. The first kappa shape index (κ1) is 25.3. The maximum absolute atomic E-state index is 12.9. The third-order valence-corrected chi connectivity index (χ3v) is 5.75. The van der Waals surface area contributed by atoms with Crippen LogP contribution in [0.4, 0.5) is 9.59 Å². The quantitative estimate of drug-likeness (QED) is 0.268. The van der Waals surface area contributed by atoms with E-state index in [9.17, 15) is 19.2 Å². The van der Waals surface area contributed by atoms with Gasteiger partial charge in [-0.25, -0.2) is 14.4 Å². The lowest BCUT2D eigenvalue weighted by Gasteiger charge is -2.27. The fourth-order valence-corrected chi connectivity index (χ4v) is 4.16. The zero-order chi connectivity index (χ0) is 25.0. The molecule has 0 saturated carbocycles. The van der Waals surface area contributed by atoms with Crippen molar-refractivity contribution < 1.29 is 33.4 Å². The number of allylic oxidation sites excluding steroid dienone is 1. The van der Waals surface area contributed by atoms with Crippen LogP contribution in [0, 0.1) is 0 Å². The number of carbonyl (C=O) groups excluding carboxylic acids is 4. The first-order valence-electron chi connectivity index (χ1n) is 11.3. The van der Waals surface area contributed by atoms with Crippen molar-refractivity contribution in [1.82, 2.24) is 9.80 Å². The molecule has 0 spiro atoms. The Morgan fingerprint density at radius 3 is 2.53 bits per heavy atom. The first-order chi connectivity index (χ1) is 16.0. The van der Waals surface area contributed by atoms with Gasteiger partial charge in [0.15, 0.2) is 5.78 Å². The van der Waals surface area contributed by atoms with Crippen LogP contribution in [0.5, 0.6) is 0 Å². The van der Waals surface area contributed by atoms with Gasteiger partial charge < -0.3 is 14.2 Å². The van der Waals surface area contributed by atoms with Crippen molar-refractivity contribution in [2.24, 2.45) is 0 Å². The van der Waals surface area contributed by atoms with Gasteiger partial charge in [-0.2, -0.15) is 0 Å². The van der Waals surface area contributed by atoms with Gasteiger partial charge >= 0.3 is 18.2 Å². The highest BCUT2D eigenvalue weighted by Crippen LogP contribution is 2.30. The number of nitrogens with zero attached hydrogens (tertiary/aromatic N) is 2. The zero-order valence-corrected chi connectivity index (χ0v) is 20.2. The standard InChI is InChI=1S/C25H32N2O7/c1-6-7-11-21(28)18-10-8-9-16-13-26(15-19(16)18)23(30)33-17-12-20(22(29)32-5)27(14-17)24(31)34-25(2,3)4/h6,8-10,17,20H,1,7,11-15H2,2-5H3/t17-,20+/m1/s1. The van der Waals surface area contributed by atoms with Crippen LogP contribution in [0.1, 0.15) is 61.5 Å². The maximum Gasteiger partial charge on any atom is 0.411 e. The molecule has 2 aliphatic heterocycles. The van der Waals surface area contributed by atoms with Crippen LogP contribution in [0.2, 0.25) is 0 Å². The highest BCUT2D eigenvalue weighted by Gasteiger charge is 2.44. The molecule has 0 radical (unpaired) electrons. The van der Waals surface area contributed by atoms with Gasteiger partial charge in [-0.05, 0) is 38.3 Å². The summed E-state index contributed by atoms with van der Waals surface area (Å²) in [7, 11) is 1.24. The molecule has 2 atom stereocenters. The van der Waals surface area contributed by atoms with Crippen molar-refractivity contribution in [3.8, 4) is 0 Å². The predicted molar refractivity (Wildman–Crippen MR) is 123 cm³/mol. The minimum absolute atomic E-state index is 0.0108. The minimum atomic E-state index is -0.900. The summed E-state index contributed by atoms with van der Waals surface area (Å²) in [5.74, 6) is -0.586. The second-order valence-electron chi connectivity index (χ2n) is 9.46. The maximum atomic E-state index is 12.9. The smallest absolute Gasteiger partial charge is 0.411 e. The van der Waals surface area contributed by atoms with Crippen LogP contribution in [0.3, 0.4) is 0 Å². The Kier molecular flexibility index (Phi) is 7.64. The second-order valence-corrected chi connectivity index (χ2v) is 9.46. The molecule has 0 aromatic heterocycles. The van der Waals surface area contributed by atoms with Crippen molar-refractivity contribution in [3.63, 3.8) is 0 Å². The number of rotatable bonds is 6. The number of hydrogen-bond donors (Lipinski definition) is 0. The van der Waals surface area contributed by atoms with E-state index < -0.39 is 35.9 Å². The lowest BCUT2D eigenvalue weighted by molar-refractivity contribution is -0.145. The van der Waals surface area contributed by atoms with E-state index in [1.165, 1.54) is 16.9 Å².